The van der Waals surface area contributed by atoms with Gasteiger partial charge in [-0.2, -0.15) is 0 Å². The predicted octanol–water partition coefficient (Wildman–Crippen LogP) is 1.31. The monoisotopic (exact) mass is 235 g/mol. The van der Waals surface area contributed by atoms with Crippen LogP contribution in [-0.4, -0.2) is 37.3 Å². The summed E-state index contributed by atoms with van der Waals surface area (Å²) in [6.45, 7) is 3.56. The third kappa shape index (κ3) is 2.65. The average Bonchev–Trinajstić information content (AvgIpc) is 2.29. The number of carbonyl (C=O) groups excluding carboxylic acids is 1. The second-order valence-corrected chi connectivity index (χ2v) is 4.64. The third-order valence-electron chi connectivity index (χ3n) is 3.11. The number of anilines is 1. The Morgan fingerprint density at radius 1 is 1.41 bits per heavy atom. The quantitative estimate of drug-likeness (QED) is 0.755. The zero-order chi connectivity index (χ0) is 12.3. The van der Waals surface area contributed by atoms with Gasteiger partial charge in [-0.25, -0.2) is 0 Å². The Labute approximate surface area is 101 Å². The normalized spacial score (nSPS) is 17.3. The number of aliphatic hydroxyl groups excluding tert-OH is 1. The van der Waals surface area contributed by atoms with Crippen molar-refractivity contribution in [3.8, 4) is 0 Å². The van der Waals surface area contributed by atoms with Crippen molar-refractivity contribution < 1.29 is 14.6 Å². The van der Waals surface area contributed by atoms with Crippen molar-refractivity contribution in [1.82, 2.24) is 0 Å². The summed E-state index contributed by atoms with van der Waals surface area (Å²) in [7, 11) is 0. The van der Waals surface area contributed by atoms with Crippen LogP contribution in [-0.2, 0) is 4.74 Å². The van der Waals surface area contributed by atoms with Crippen LogP contribution in [0, 0.1) is 5.41 Å². The maximum Gasteiger partial charge on any atom is 0.159 e. The zero-order valence-electron chi connectivity index (χ0n) is 9.90. The number of hydrogen-bond donors (Lipinski definition) is 2. The molecule has 0 aromatic heterocycles. The molecule has 1 aromatic carbocycles. The first-order valence-corrected chi connectivity index (χ1v) is 5.69. The molecule has 2 rings (SSSR count). The highest BCUT2D eigenvalue weighted by Crippen LogP contribution is 2.27. The molecule has 1 aliphatic rings. The van der Waals surface area contributed by atoms with E-state index < -0.39 is 0 Å². The van der Waals surface area contributed by atoms with Crippen LogP contribution in [0.3, 0.4) is 0 Å². The number of ether oxygens (including phenoxy) is 1. The molecule has 4 heteroatoms. The Bertz CT molecular complexity index is 390. The van der Waals surface area contributed by atoms with Crippen molar-refractivity contribution in [3.05, 3.63) is 29.8 Å². The van der Waals surface area contributed by atoms with Gasteiger partial charge in [-0.15, -0.1) is 0 Å². The lowest BCUT2D eigenvalue weighted by Gasteiger charge is -2.40. The molecule has 0 saturated carbocycles. The first-order valence-electron chi connectivity index (χ1n) is 5.69. The molecule has 0 bridgehead atoms. The van der Waals surface area contributed by atoms with Crippen molar-refractivity contribution in [2.75, 3.05) is 31.7 Å². The van der Waals surface area contributed by atoms with Crippen LogP contribution < -0.4 is 5.32 Å². The SMILES string of the molecule is CC(=O)c1ccc(NCC2(CO)COC2)cc1. The summed E-state index contributed by atoms with van der Waals surface area (Å²) in [4.78, 5) is 11.1. The highest BCUT2D eigenvalue weighted by Gasteiger charge is 2.37. The fourth-order valence-corrected chi connectivity index (χ4v) is 1.75. The Balaban J connectivity index is 1.93. The van der Waals surface area contributed by atoms with E-state index in [4.69, 9.17) is 4.74 Å². The molecule has 1 aromatic rings. The van der Waals surface area contributed by atoms with E-state index in [1.54, 1.807) is 19.1 Å². The van der Waals surface area contributed by atoms with Crippen LogP contribution in [0.15, 0.2) is 24.3 Å². The number of nitrogens with one attached hydrogen (secondary N) is 1. The Morgan fingerprint density at radius 2 is 2.06 bits per heavy atom. The molecular formula is C13H17NO3. The first kappa shape index (κ1) is 12.1. The number of aliphatic hydroxyl groups is 1. The molecule has 0 spiro atoms. The molecule has 1 saturated heterocycles. The Hall–Kier alpha value is -1.39. The van der Waals surface area contributed by atoms with Crippen LogP contribution >= 0.6 is 0 Å². The summed E-state index contributed by atoms with van der Waals surface area (Å²) >= 11 is 0. The Morgan fingerprint density at radius 3 is 2.47 bits per heavy atom. The molecule has 0 radical (unpaired) electrons. The zero-order valence-corrected chi connectivity index (χ0v) is 9.90. The fourth-order valence-electron chi connectivity index (χ4n) is 1.75. The molecular weight excluding hydrogens is 218 g/mol. The van der Waals surface area contributed by atoms with Gasteiger partial charge in [0, 0.05) is 17.8 Å². The number of benzene rings is 1. The van der Waals surface area contributed by atoms with Crippen molar-refractivity contribution in [3.63, 3.8) is 0 Å². The van der Waals surface area contributed by atoms with Gasteiger partial charge >= 0.3 is 0 Å². The molecule has 0 atom stereocenters. The van der Waals surface area contributed by atoms with Crippen molar-refractivity contribution in [2.45, 2.75) is 6.92 Å². The molecule has 0 amide bonds. The van der Waals surface area contributed by atoms with Crippen LogP contribution in [0.4, 0.5) is 5.69 Å². The molecule has 0 aliphatic carbocycles. The largest absolute Gasteiger partial charge is 0.396 e. The summed E-state index contributed by atoms with van der Waals surface area (Å²) < 4.78 is 5.12. The van der Waals surface area contributed by atoms with E-state index in [0.29, 0.717) is 25.3 Å². The molecule has 92 valence electrons. The van der Waals surface area contributed by atoms with E-state index in [2.05, 4.69) is 5.32 Å². The molecule has 0 unspecified atom stereocenters. The van der Waals surface area contributed by atoms with E-state index in [9.17, 15) is 9.90 Å². The standard InChI is InChI=1S/C13H17NO3/c1-10(16)11-2-4-12(5-3-11)14-6-13(7-15)8-17-9-13/h2-5,14-15H,6-9H2,1H3. The highest BCUT2D eigenvalue weighted by atomic mass is 16.5. The minimum absolute atomic E-state index is 0.0655. The van der Waals surface area contributed by atoms with Gasteiger partial charge in [-0.05, 0) is 31.2 Å². The van der Waals surface area contributed by atoms with Crippen LogP contribution in [0.5, 0.6) is 0 Å². The molecule has 1 fully saturated rings. The molecule has 2 N–H and O–H groups in total. The lowest BCUT2D eigenvalue weighted by Crippen LogP contribution is -2.50. The van der Waals surface area contributed by atoms with Gasteiger partial charge in [0.1, 0.15) is 0 Å². The number of carbonyl (C=O) groups is 1. The number of ketones is 1. The van der Waals surface area contributed by atoms with E-state index in [-0.39, 0.29) is 17.8 Å². The van der Waals surface area contributed by atoms with E-state index in [1.807, 2.05) is 12.1 Å². The first-order chi connectivity index (χ1) is 8.15. The summed E-state index contributed by atoms with van der Waals surface area (Å²) in [5, 5.41) is 12.5. The predicted molar refractivity (Wildman–Crippen MR) is 65.3 cm³/mol. The maximum absolute atomic E-state index is 11.1. The summed E-state index contributed by atoms with van der Waals surface area (Å²) in [6, 6.07) is 7.35. The number of rotatable bonds is 5. The second-order valence-electron chi connectivity index (χ2n) is 4.64. The second kappa shape index (κ2) is 4.85. The van der Waals surface area contributed by atoms with Gasteiger partial charge in [-0.3, -0.25) is 4.79 Å². The van der Waals surface area contributed by atoms with Crippen LogP contribution in [0.2, 0.25) is 0 Å². The highest BCUT2D eigenvalue weighted by molar-refractivity contribution is 5.94. The minimum Gasteiger partial charge on any atom is -0.396 e. The molecule has 17 heavy (non-hydrogen) atoms. The average molecular weight is 235 g/mol. The van der Waals surface area contributed by atoms with Crippen molar-refractivity contribution in [2.24, 2.45) is 5.41 Å². The van der Waals surface area contributed by atoms with E-state index >= 15 is 0 Å². The van der Waals surface area contributed by atoms with Gasteiger partial charge in [0.05, 0.1) is 25.2 Å². The molecule has 1 aliphatic heterocycles. The number of Topliss-reactive ketones (excluding diaryl/α,β-unsaturated/α-hetero) is 1. The third-order valence-corrected chi connectivity index (χ3v) is 3.11. The van der Waals surface area contributed by atoms with Crippen molar-refractivity contribution in [1.29, 1.82) is 0 Å². The van der Waals surface area contributed by atoms with E-state index in [0.717, 1.165) is 5.69 Å². The smallest absolute Gasteiger partial charge is 0.159 e. The lowest BCUT2D eigenvalue weighted by molar-refractivity contribution is -0.128. The van der Waals surface area contributed by atoms with Crippen LogP contribution in [0.25, 0.3) is 0 Å². The van der Waals surface area contributed by atoms with Crippen LogP contribution in [0.1, 0.15) is 17.3 Å². The molecule has 4 nitrogen and oxygen atoms in total. The summed E-state index contributed by atoms with van der Waals surface area (Å²) in [6.07, 6.45) is 0. The topological polar surface area (TPSA) is 58.6 Å². The van der Waals surface area contributed by atoms with Crippen molar-refractivity contribution >= 4 is 11.5 Å². The van der Waals surface area contributed by atoms with Gasteiger partial charge < -0.3 is 15.2 Å². The van der Waals surface area contributed by atoms with Gasteiger partial charge in [0.25, 0.3) is 0 Å². The lowest BCUT2D eigenvalue weighted by atomic mass is 9.87. The molecule has 1 heterocycles. The van der Waals surface area contributed by atoms with Gasteiger partial charge in [0.15, 0.2) is 5.78 Å². The maximum atomic E-state index is 11.1. The number of hydrogen-bond acceptors (Lipinski definition) is 4. The van der Waals surface area contributed by atoms with Gasteiger partial charge in [0.2, 0.25) is 0 Å². The van der Waals surface area contributed by atoms with Gasteiger partial charge in [-0.1, -0.05) is 0 Å². The summed E-state index contributed by atoms with van der Waals surface area (Å²) in [5.74, 6) is 0.0655. The minimum atomic E-state index is -0.140. The fraction of sp³-hybridized carbons (Fsp3) is 0.462. The summed E-state index contributed by atoms with van der Waals surface area (Å²) in [5.41, 5.74) is 1.52. The Kier molecular flexibility index (Phi) is 3.45. The van der Waals surface area contributed by atoms with E-state index in [1.165, 1.54) is 0 Å².